The minimum Gasteiger partial charge on any atom is -0.329 e. The quantitative estimate of drug-likeness (QED) is 0.877. The van der Waals surface area contributed by atoms with Gasteiger partial charge in [0, 0.05) is 17.1 Å². The molecule has 1 aromatic carbocycles. The van der Waals surface area contributed by atoms with Crippen LogP contribution in [-0.2, 0) is 0 Å². The van der Waals surface area contributed by atoms with Gasteiger partial charge in [-0.1, -0.05) is 28.1 Å². The van der Waals surface area contributed by atoms with Crippen LogP contribution in [0.5, 0.6) is 0 Å². The Morgan fingerprint density at radius 1 is 1.15 bits per heavy atom. The molecule has 5 heteroatoms. The van der Waals surface area contributed by atoms with Crippen molar-refractivity contribution in [2.75, 3.05) is 6.54 Å². The minimum atomic E-state index is -0.0388. The van der Waals surface area contributed by atoms with E-state index in [4.69, 9.17) is 11.5 Å². The molecule has 0 aliphatic rings. The third-order valence-corrected chi connectivity index (χ3v) is 2.08. The zero-order valence-corrected chi connectivity index (χ0v) is 10.2. The highest BCUT2D eigenvalue weighted by Gasteiger charge is 2.01. The van der Waals surface area contributed by atoms with Crippen LogP contribution in [0.3, 0.4) is 0 Å². The summed E-state index contributed by atoms with van der Waals surface area (Å²) in [4.78, 5) is 0. The Labute approximate surface area is 99.0 Å². The van der Waals surface area contributed by atoms with Crippen molar-refractivity contribution >= 4 is 40.7 Å². The number of hydrogen-bond acceptors (Lipinski definition) is 2. The third-order valence-electron chi connectivity index (χ3n) is 1.55. The Morgan fingerprint density at radius 2 is 1.62 bits per heavy atom. The van der Waals surface area contributed by atoms with Gasteiger partial charge in [0.25, 0.3) is 0 Å². The second-order valence-corrected chi connectivity index (χ2v) is 3.31. The molecule has 2 nitrogen and oxygen atoms in total. The summed E-state index contributed by atoms with van der Waals surface area (Å²) < 4.78 is 1.06. The van der Waals surface area contributed by atoms with E-state index in [9.17, 15) is 0 Å². The summed E-state index contributed by atoms with van der Waals surface area (Å²) in [7, 11) is 0. The number of benzene rings is 1. The van der Waals surface area contributed by atoms with Crippen LogP contribution in [0.1, 0.15) is 11.6 Å². The molecule has 1 aromatic rings. The monoisotopic (exact) mass is 286 g/mol. The lowest BCUT2D eigenvalue weighted by Crippen LogP contribution is -2.20. The smallest absolute Gasteiger partial charge is 0.0419 e. The molecule has 0 spiro atoms. The van der Waals surface area contributed by atoms with Crippen molar-refractivity contribution in [1.29, 1.82) is 0 Å². The van der Waals surface area contributed by atoms with E-state index in [1.807, 2.05) is 24.3 Å². The molecule has 0 amide bonds. The van der Waals surface area contributed by atoms with Crippen molar-refractivity contribution in [3.63, 3.8) is 0 Å². The van der Waals surface area contributed by atoms with Crippen molar-refractivity contribution in [2.24, 2.45) is 11.5 Å². The standard InChI is InChI=1S/C8H11BrN2.2ClH/c9-7-3-1-6(2-4-7)8(11)5-10;;/h1-4,8H,5,10-11H2;2*1H/t8-;;/m0../s1. The molecular formula is C8H13BrCl2N2. The summed E-state index contributed by atoms with van der Waals surface area (Å²) >= 11 is 3.34. The lowest BCUT2D eigenvalue weighted by molar-refractivity contribution is 0.737. The zero-order valence-electron chi connectivity index (χ0n) is 6.94. The molecule has 0 aliphatic carbocycles. The third kappa shape index (κ3) is 4.84. The molecule has 4 N–H and O–H groups in total. The molecule has 0 bridgehead atoms. The van der Waals surface area contributed by atoms with Crippen LogP contribution in [0.4, 0.5) is 0 Å². The van der Waals surface area contributed by atoms with Gasteiger partial charge in [-0.3, -0.25) is 0 Å². The molecule has 0 radical (unpaired) electrons. The van der Waals surface area contributed by atoms with Crippen molar-refractivity contribution in [3.8, 4) is 0 Å². The van der Waals surface area contributed by atoms with Gasteiger partial charge in [-0.05, 0) is 17.7 Å². The van der Waals surface area contributed by atoms with Gasteiger partial charge >= 0.3 is 0 Å². The van der Waals surface area contributed by atoms with Gasteiger partial charge in [0.1, 0.15) is 0 Å². The molecule has 0 saturated carbocycles. The van der Waals surface area contributed by atoms with E-state index < -0.39 is 0 Å². The highest BCUT2D eigenvalue weighted by Crippen LogP contribution is 2.14. The molecule has 1 atom stereocenters. The number of rotatable bonds is 2. The predicted octanol–water partition coefficient (Wildman–Crippen LogP) is 2.25. The molecule has 0 aliphatic heterocycles. The summed E-state index contributed by atoms with van der Waals surface area (Å²) in [6.45, 7) is 0.488. The van der Waals surface area contributed by atoms with Crippen LogP contribution in [0, 0.1) is 0 Å². The fourth-order valence-corrected chi connectivity index (χ4v) is 1.11. The van der Waals surface area contributed by atoms with Gasteiger partial charge in [0.2, 0.25) is 0 Å². The molecule has 76 valence electrons. The Kier molecular flexibility index (Phi) is 9.14. The maximum atomic E-state index is 5.70. The largest absolute Gasteiger partial charge is 0.329 e. The van der Waals surface area contributed by atoms with E-state index in [0.717, 1.165) is 10.0 Å². The second-order valence-electron chi connectivity index (χ2n) is 2.39. The van der Waals surface area contributed by atoms with E-state index in [0.29, 0.717) is 6.54 Å². The molecule has 13 heavy (non-hydrogen) atoms. The fourth-order valence-electron chi connectivity index (χ4n) is 0.846. The van der Waals surface area contributed by atoms with Crippen molar-refractivity contribution in [3.05, 3.63) is 34.3 Å². The Hall–Kier alpha value is 0.200. The first-order valence-electron chi connectivity index (χ1n) is 3.45. The molecular weight excluding hydrogens is 275 g/mol. The van der Waals surface area contributed by atoms with Crippen molar-refractivity contribution in [1.82, 2.24) is 0 Å². The van der Waals surface area contributed by atoms with E-state index >= 15 is 0 Å². The van der Waals surface area contributed by atoms with Crippen LogP contribution in [0.15, 0.2) is 28.7 Å². The van der Waals surface area contributed by atoms with Gasteiger partial charge < -0.3 is 11.5 Å². The van der Waals surface area contributed by atoms with E-state index in [1.54, 1.807) is 0 Å². The van der Waals surface area contributed by atoms with Crippen LogP contribution < -0.4 is 11.5 Å². The van der Waals surface area contributed by atoms with Gasteiger partial charge in [0.15, 0.2) is 0 Å². The van der Waals surface area contributed by atoms with Crippen LogP contribution in [-0.4, -0.2) is 6.54 Å². The van der Waals surface area contributed by atoms with Gasteiger partial charge in [-0.15, -0.1) is 24.8 Å². The number of halogens is 3. The normalized spacial score (nSPS) is 11.0. The number of hydrogen-bond donors (Lipinski definition) is 2. The zero-order chi connectivity index (χ0) is 8.27. The first kappa shape index (κ1) is 15.7. The molecule has 0 fully saturated rings. The van der Waals surface area contributed by atoms with Crippen LogP contribution >= 0.6 is 40.7 Å². The average Bonchev–Trinajstić information content (AvgIpc) is 2.05. The van der Waals surface area contributed by atoms with Crippen molar-refractivity contribution in [2.45, 2.75) is 6.04 Å². The first-order valence-corrected chi connectivity index (χ1v) is 4.24. The maximum absolute atomic E-state index is 5.70. The fraction of sp³-hybridized carbons (Fsp3) is 0.250. The van der Waals surface area contributed by atoms with Crippen molar-refractivity contribution < 1.29 is 0 Å². The Bertz CT molecular complexity index is 228. The predicted molar refractivity (Wildman–Crippen MR) is 64.6 cm³/mol. The van der Waals surface area contributed by atoms with E-state index in [-0.39, 0.29) is 30.9 Å². The van der Waals surface area contributed by atoms with E-state index in [1.165, 1.54) is 0 Å². The summed E-state index contributed by atoms with van der Waals surface area (Å²) in [5, 5.41) is 0. The average molecular weight is 288 g/mol. The van der Waals surface area contributed by atoms with Gasteiger partial charge in [-0.2, -0.15) is 0 Å². The lowest BCUT2D eigenvalue weighted by atomic mass is 10.1. The van der Waals surface area contributed by atoms with Crippen LogP contribution in [0.2, 0.25) is 0 Å². The molecule has 0 unspecified atom stereocenters. The molecule has 0 aromatic heterocycles. The summed E-state index contributed by atoms with van der Waals surface area (Å²) in [5.41, 5.74) is 12.2. The molecule has 1 rings (SSSR count). The first-order chi connectivity index (χ1) is 5.24. The van der Waals surface area contributed by atoms with E-state index in [2.05, 4.69) is 15.9 Å². The maximum Gasteiger partial charge on any atom is 0.0419 e. The SMILES string of the molecule is Cl.Cl.NC[C@H](N)c1ccc(Br)cc1. The van der Waals surface area contributed by atoms with Gasteiger partial charge in [-0.25, -0.2) is 0 Å². The summed E-state index contributed by atoms with van der Waals surface area (Å²) in [6.07, 6.45) is 0. The number of nitrogens with two attached hydrogens (primary N) is 2. The lowest BCUT2D eigenvalue weighted by Gasteiger charge is -2.07. The highest BCUT2D eigenvalue weighted by molar-refractivity contribution is 9.10. The Morgan fingerprint density at radius 3 is 2.00 bits per heavy atom. The van der Waals surface area contributed by atoms with Gasteiger partial charge in [0.05, 0.1) is 0 Å². The van der Waals surface area contributed by atoms with Crippen LogP contribution in [0.25, 0.3) is 0 Å². The molecule has 0 heterocycles. The minimum absolute atomic E-state index is 0. The topological polar surface area (TPSA) is 52.0 Å². The highest BCUT2D eigenvalue weighted by atomic mass is 79.9. The summed E-state index contributed by atoms with van der Waals surface area (Å²) in [5.74, 6) is 0. The second kappa shape index (κ2) is 7.59. The summed E-state index contributed by atoms with van der Waals surface area (Å²) in [6, 6.07) is 7.84. The molecule has 0 saturated heterocycles. The Balaban J connectivity index is 0.